The van der Waals surface area contributed by atoms with Gasteiger partial charge in [0.15, 0.2) is 0 Å². The Morgan fingerprint density at radius 1 is 1.46 bits per heavy atom. The summed E-state index contributed by atoms with van der Waals surface area (Å²) in [7, 11) is 0. The molecule has 0 fully saturated rings. The van der Waals surface area contributed by atoms with Crippen LogP contribution in [0.5, 0.6) is 0 Å². The minimum atomic E-state index is 0.884. The van der Waals surface area contributed by atoms with Crippen molar-refractivity contribution < 1.29 is 0 Å². The third-order valence-electron chi connectivity index (χ3n) is 1.86. The number of halogens is 1. The fourth-order valence-corrected chi connectivity index (χ4v) is 3.87. The molecule has 13 heavy (non-hydrogen) atoms. The molecular formula is C9H8INS2. The molecule has 0 spiro atoms. The molecule has 2 aromatic rings. The van der Waals surface area contributed by atoms with Crippen LogP contribution in [0.25, 0.3) is 10.1 Å². The first-order chi connectivity index (χ1) is 6.22. The van der Waals surface area contributed by atoms with Gasteiger partial charge >= 0.3 is 0 Å². The molecule has 68 valence electrons. The molecule has 1 aromatic heterocycles. The van der Waals surface area contributed by atoms with Crippen molar-refractivity contribution in [1.29, 1.82) is 0 Å². The standard InChI is InChI=1S/C9H8INS2/c1-12-9-5-4-8(10)13-7(5)3-2-6(9)11/h2-4H,11H2,1H3. The molecule has 0 aliphatic carbocycles. The summed E-state index contributed by atoms with van der Waals surface area (Å²) in [6.07, 6.45) is 2.07. The predicted molar refractivity (Wildman–Crippen MR) is 70.7 cm³/mol. The van der Waals surface area contributed by atoms with E-state index in [4.69, 9.17) is 5.73 Å². The largest absolute Gasteiger partial charge is 0.398 e. The van der Waals surface area contributed by atoms with E-state index in [1.165, 1.54) is 17.9 Å². The van der Waals surface area contributed by atoms with Gasteiger partial charge in [-0.1, -0.05) is 0 Å². The van der Waals surface area contributed by atoms with Crippen LogP contribution in [-0.4, -0.2) is 6.26 Å². The van der Waals surface area contributed by atoms with Crippen molar-refractivity contribution in [2.24, 2.45) is 0 Å². The fourth-order valence-electron chi connectivity index (χ4n) is 1.30. The van der Waals surface area contributed by atoms with Gasteiger partial charge in [-0.05, 0) is 47.0 Å². The molecule has 0 atom stereocenters. The first-order valence-corrected chi connectivity index (χ1v) is 6.86. The molecule has 0 aliphatic heterocycles. The number of thiophene rings is 1. The van der Waals surface area contributed by atoms with Gasteiger partial charge in [0, 0.05) is 20.7 Å². The molecule has 1 heterocycles. The first-order valence-electron chi connectivity index (χ1n) is 3.74. The molecule has 0 bridgehead atoms. The molecule has 0 unspecified atom stereocenters. The van der Waals surface area contributed by atoms with E-state index < -0.39 is 0 Å². The van der Waals surface area contributed by atoms with E-state index in [1.807, 2.05) is 17.4 Å². The maximum absolute atomic E-state index is 5.89. The Balaban J connectivity index is 2.82. The lowest BCUT2D eigenvalue weighted by Crippen LogP contribution is -1.87. The van der Waals surface area contributed by atoms with Crippen molar-refractivity contribution in [3.8, 4) is 0 Å². The van der Waals surface area contributed by atoms with Gasteiger partial charge in [0.25, 0.3) is 0 Å². The number of nitrogens with two attached hydrogens (primary N) is 1. The van der Waals surface area contributed by atoms with Gasteiger partial charge in [0.05, 0.1) is 2.88 Å². The Morgan fingerprint density at radius 3 is 2.92 bits per heavy atom. The molecule has 2 N–H and O–H groups in total. The normalized spacial score (nSPS) is 10.9. The van der Waals surface area contributed by atoms with E-state index in [1.54, 1.807) is 11.8 Å². The Bertz CT molecular complexity index is 450. The number of hydrogen-bond donors (Lipinski definition) is 1. The van der Waals surface area contributed by atoms with Crippen LogP contribution in [-0.2, 0) is 0 Å². The van der Waals surface area contributed by atoms with E-state index in [2.05, 4.69) is 41.0 Å². The van der Waals surface area contributed by atoms with Crippen LogP contribution >= 0.6 is 45.7 Å². The SMILES string of the molecule is CSc1c(N)ccc2sc(I)cc12. The third-order valence-corrected chi connectivity index (χ3v) is 4.58. The maximum Gasteiger partial charge on any atom is 0.0666 e. The summed E-state index contributed by atoms with van der Waals surface area (Å²) in [5, 5.41) is 1.29. The average molecular weight is 321 g/mol. The van der Waals surface area contributed by atoms with E-state index in [9.17, 15) is 0 Å². The second kappa shape index (κ2) is 3.67. The minimum Gasteiger partial charge on any atom is -0.398 e. The third kappa shape index (κ3) is 1.67. The summed E-state index contributed by atoms with van der Waals surface area (Å²) >= 11 is 5.87. The molecule has 0 amide bonds. The highest BCUT2D eigenvalue weighted by molar-refractivity contribution is 14.1. The smallest absolute Gasteiger partial charge is 0.0666 e. The second-order valence-electron chi connectivity index (χ2n) is 2.65. The lowest BCUT2D eigenvalue weighted by molar-refractivity contribution is 1.56. The van der Waals surface area contributed by atoms with Gasteiger partial charge in [0.1, 0.15) is 0 Å². The Hall–Kier alpha value is 0.0600. The number of rotatable bonds is 1. The Kier molecular flexibility index (Phi) is 2.71. The number of nitrogen functional groups attached to an aromatic ring is 1. The minimum absolute atomic E-state index is 0.884. The highest BCUT2D eigenvalue weighted by Crippen LogP contribution is 2.36. The lowest BCUT2D eigenvalue weighted by atomic mass is 10.2. The molecule has 2 rings (SSSR count). The van der Waals surface area contributed by atoms with Crippen molar-refractivity contribution >= 4 is 61.5 Å². The molecule has 1 nitrogen and oxygen atoms in total. The topological polar surface area (TPSA) is 26.0 Å². The highest BCUT2D eigenvalue weighted by atomic mass is 127. The highest BCUT2D eigenvalue weighted by Gasteiger charge is 2.06. The quantitative estimate of drug-likeness (QED) is 0.491. The van der Waals surface area contributed by atoms with Crippen LogP contribution < -0.4 is 5.73 Å². The summed E-state index contributed by atoms with van der Waals surface area (Å²) in [5.41, 5.74) is 6.77. The van der Waals surface area contributed by atoms with Crippen molar-refractivity contribution in [2.75, 3.05) is 12.0 Å². The van der Waals surface area contributed by atoms with Gasteiger partial charge in [-0.15, -0.1) is 23.1 Å². The number of anilines is 1. The van der Waals surface area contributed by atoms with Crippen molar-refractivity contribution in [3.63, 3.8) is 0 Å². The summed E-state index contributed by atoms with van der Waals surface area (Å²) < 4.78 is 2.64. The molecule has 0 saturated carbocycles. The van der Waals surface area contributed by atoms with Gasteiger partial charge in [-0.25, -0.2) is 0 Å². The maximum atomic E-state index is 5.89. The van der Waals surface area contributed by atoms with Crippen LogP contribution in [0.2, 0.25) is 0 Å². The van der Waals surface area contributed by atoms with E-state index >= 15 is 0 Å². The van der Waals surface area contributed by atoms with E-state index in [0.717, 1.165) is 5.69 Å². The van der Waals surface area contributed by atoms with Gasteiger partial charge in [-0.2, -0.15) is 0 Å². The van der Waals surface area contributed by atoms with Crippen molar-refractivity contribution in [1.82, 2.24) is 0 Å². The van der Waals surface area contributed by atoms with Crippen LogP contribution in [0.4, 0.5) is 5.69 Å². The summed E-state index contributed by atoms with van der Waals surface area (Å²) in [4.78, 5) is 1.21. The number of benzene rings is 1. The van der Waals surface area contributed by atoms with Gasteiger partial charge in [0.2, 0.25) is 0 Å². The molecule has 0 saturated heterocycles. The monoisotopic (exact) mass is 321 g/mol. The molecule has 4 heteroatoms. The molecular weight excluding hydrogens is 313 g/mol. The van der Waals surface area contributed by atoms with Gasteiger partial charge < -0.3 is 5.73 Å². The van der Waals surface area contributed by atoms with Crippen LogP contribution in [0.15, 0.2) is 23.1 Å². The molecule has 0 radical (unpaired) electrons. The molecule has 0 aliphatic rings. The Morgan fingerprint density at radius 2 is 2.23 bits per heavy atom. The summed E-state index contributed by atoms with van der Waals surface area (Å²) in [6, 6.07) is 6.28. The molecule has 1 aromatic carbocycles. The first kappa shape index (κ1) is 9.61. The Labute approximate surface area is 98.8 Å². The van der Waals surface area contributed by atoms with Crippen LogP contribution in [0, 0.1) is 2.88 Å². The van der Waals surface area contributed by atoms with E-state index in [0.29, 0.717) is 0 Å². The van der Waals surface area contributed by atoms with E-state index in [-0.39, 0.29) is 0 Å². The van der Waals surface area contributed by atoms with Gasteiger partial charge in [-0.3, -0.25) is 0 Å². The zero-order chi connectivity index (χ0) is 9.42. The van der Waals surface area contributed by atoms with Crippen molar-refractivity contribution in [2.45, 2.75) is 4.90 Å². The van der Waals surface area contributed by atoms with Crippen LogP contribution in [0.3, 0.4) is 0 Å². The summed E-state index contributed by atoms with van der Waals surface area (Å²) in [5.74, 6) is 0. The zero-order valence-electron chi connectivity index (χ0n) is 7.00. The number of thioether (sulfide) groups is 1. The lowest BCUT2D eigenvalue weighted by Gasteiger charge is -2.02. The number of fused-ring (bicyclic) bond motifs is 1. The number of hydrogen-bond acceptors (Lipinski definition) is 3. The van der Waals surface area contributed by atoms with Crippen molar-refractivity contribution in [3.05, 3.63) is 21.1 Å². The predicted octanol–water partition coefficient (Wildman–Crippen LogP) is 3.81. The van der Waals surface area contributed by atoms with Crippen LogP contribution in [0.1, 0.15) is 0 Å². The summed E-state index contributed by atoms with van der Waals surface area (Å²) in [6.45, 7) is 0. The fraction of sp³-hybridized carbons (Fsp3) is 0.111. The second-order valence-corrected chi connectivity index (χ2v) is 6.44. The average Bonchev–Trinajstić information content (AvgIpc) is 2.45. The zero-order valence-corrected chi connectivity index (χ0v) is 10.8.